The smallest absolute Gasteiger partial charge is 0.193 e. The Morgan fingerprint density at radius 1 is 1.29 bits per heavy atom. The van der Waals surface area contributed by atoms with E-state index in [-0.39, 0.29) is 6.04 Å². The molecule has 0 fully saturated rings. The van der Waals surface area contributed by atoms with Crippen LogP contribution in [0.1, 0.15) is 22.9 Å². The van der Waals surface area contributed by atoms with Gasteiger partial charge in [0.15, 0.2) is 5.22 Å². The molecule has 3 nitrogen and oxygen atoms in total. The fraction of sp³-hybridized carbons (Fsp3) is 0.231. The molecule has 0 spiro atoms. The van der Waals surface area contributed by atoms with Crippen molar-refractivity contribution in [1.29, 1.82) is 0 Å². The molecule has 0 radical (unpaired) electrons. The number of aryl methyl sites for hydroxylation is 1. The number of hydrogen-bond acceptors (Lipinski definition) is 3. The number of halogens is 1. The summed E-state index contributed by atoms with van der Waals surface area (Å²) in [6.45, 7) is 2.00. The highest BCUT2D eigenvalue weighted by Gasteiger charge is 2.17. The van der Waals surface area contributed by atoms with Gasteiger partial charge in [-0.2, -0.15) is 0 Å². The number of furan rings is 1. The van der Waals surface area contributed by atoms with Crippen LogP contribution < -0.4 is 10.5 Å². The topological polar surface area (TPSA) is 48.4 Å². The monoisotopic (exact) mass is 251 g/mol. The summed E-state index contributed by atoms with van der Waals surface area (Å²) in [6, 6.07) is 8.94. The van der Waals surface area contributed by atoms with Crippen LogP contribution >= 0.6 is 11.6 Å². The zero-order chi connectivity index (χ0) is 12.4. The van der Waals surface area contributed by atoms with Crippen molar-refractivity contribution in [3.63, 3.8) is 0 Å². The van der Waals surface area contributed by atoms with E-state index in [9.17, 15) is 0 Å². The van der Waals surface area contributed by atoms with Gasteiger partial charge in [0, 0.05) is 5.56 Å². The molecule has 0 aliphatic rings. The Hall–Kier alpha value is -1.45. The molecule has 0 aliphatic heterocycles. The van der Waals surface area contributed by atoms with E-state index in [4.69, 9.17) is 26.5 Å². The quantitative estimate of drug-likeness (QED) is 0.911. The van der Waals surface area contributed by atoms with E-state index in [1.807, 2.05) is 25.1 Å². The summed E-state index contributed by atoms with van der Waals surface area (Å²) in [7, 11) is 1.62. The van der Waals surface area contributed by atoms with Crippen LogP contribution in [0.25, 0.3) is 0 Å². The summed E-state index contributed by atoms with van der Waals surface area (Å²) < 4.78 is 10.6. The summed E-state index contributed by atoms with van der Waals surface area (Å²) in [6.07, 6.45) is 0. The summed E-state index contributed by atoms with van der Waals surface area (Å²) in [5.41, 5.74) is 8.15. The lowest BCUT2D eigenvalue weighted by Crippen LogP contribution is -2.12. The Morgan fingerprint density at radius 3 is 2.65 bits per heavy atom. The zero-order valence-electron chi connectivity index (χ0n) is 9.74. The summed E-state index contributed by atoms with van der Waals surface area (Å²) in [5, 5.41) is 0.335. The fourth-order valence-electron chi connectivity index (χ4n) is 1.75. The van der Waals surface area contributed by atoms with Gasteiger partial charge in [0.1, 0.15) is 11.5 Å². The molecule has 1 aromatic heterocycles. The average Bonchev–Trinajstić information content (AvgIpc) is 2.75. The Morgan fingerprint density at radius 2 is 2.06 bits per heavy atom. The predicted molar refractivity (Wildman–Crippen MR) is 67.5 cm³/mol. The maximum absolute atomic E-state index is 6.14. The molecule has 2 rings (SSSR count). The van der Waals surface area contributed by atoms with Gasteiger partial charge in [-0.15, -0.1) is 0 Å². The molecule has 1 atom stereocenters. The molecule has 2 aromatic rings. The van der Waals surface area contributed by atoms with Crippen molar-refractivity contribution < 1.29 is 9.15 Å². The first-order valence-corrected chi connectivity index (χ1v) is 5.65. The molecule has 0 saturated carbocycles. The van der Waals surface area contributed by atoms with E-state index >= 15 is 0 Å². The van der Waals surface area contributed by atoms with Crippen LogP contribution in [0.3, 0.4) is 0 Å². The van der Waals surface area contributed by atoms with Crippen LogP contribution in [-0.2, 0) is 0 Å². The molecule has 4 heteroatoms. The van der Waals surface area contributed by atoms with Crippen molar-refractivity contribution >= 4 is 11.6 Å². The van der Waals surface area contributed by atoms with E-state index in [2.05, 4.69) is 0 Å². The summed E-state index contributed by atoms with van der Waals surface area (Å²) in [4.78, 5) is 0. The van der Waals surface area contributed by atoms with Gasteiger partial charge >= 0.3 is 0 Å². The standard InChI is InChI=1S/C13H14ClNO2/c1-8-3-4-10(16-2)9(7-8)13(15)11-5-6-12(14)17-11/h3-7,13H,15H2,1-2H3. The van der Waals surface area contributed by atoms with E-state index in [1.165, 1.54) is 0 Å². The second-order valence-electron chi connectivity index (χ2n) is 3.86. The van der Waals surface area contributed by atoms with Gasteiger partial charge in [0.05, 0.1) is 13.2 Å². The van der Waals surface area contributed by atoms with Gasteiger partial charge in [-0.05, 0) is 36.7 Å². The Bertz CT molecular complexity index is 522. The first-order chi connectivity index (χ1) is 8.11. The zero-order valence-corrected chi connectivity index (χ0v) is 10.5. The molecule has 0 amide bonds. The van der Waals surface area contributed by atoms with Crippen molar-refractivity contribution in [3.05, 3.63) is 52.4 Å². The van der Waals surface area contributed by atoms with Crippen molar-refractivity contribution in [2.45, 2.75) is 13.0 Å². The molecule has 0 saturated heterocycles. The normalized spacial score (nSPS) is 12.5. The minimum Gasteiger partial charge on any atom is -0.496 e. The number of ether oxygens (including phenoxy) is 1. The predicted octanol–water partition coefficient (Wildman–Crippen LogP) is 3.30. The van der Waals surface area contributed by atoms with Crippen LogP contribution in [0, 0.1) is 6.92 Å². The van der Waals surface area contributed by atoms with E-state index in [0.29, 0.717) is 11.0 Å². The summed E-state index contributed by atoms with van der Waals surface area (Å²) in [5.74, 6) is 1.37. The maximum atomic E-state index is 6.14. The molecule has 0 bridgehead atoms. The summed E-state index contributed by atoms with van der Waals surface area (Å²) >= 11 is 5.74. The number of methoxy groups -OCH3 is 1. The number of hydrogen-bond donors (Lipinski definition) is 1. The van der Waals surface area contributed by atoms with Crippen LogP contribution in [0.2, 0.25) is 5.22 Å². The Balaban J connectivity index is 2.42. The highest BCUT2D eigenvalue weighted by Crippen LogP contribution is 2.30. The largest absolute Gasteiger partial charge is 0.496 e. The molecule has 1 heterocycles. The molecule has 2 N–H and O–H groups in total. The van der Waals surface area contributed by atoms with Gasteiger partial charge in [-0.25, -0.2) is 0 Å². The van der Waals surface area contributed by atoms with Crippen LogP contribution in [0.4, 0.5) is 0 Å². The average molecular weight is 252 g/mol. The lowest BCUT2D eigenvalue weighted by atomic mass is 10.0. The maximum Gasteiger partial charge on any atom is 0.193 e. The Labute approximate surface area is 105 Å². The molecule has 0 aliphatic carbocycles. The molecular weight excluding hydrogens is 238 g/mol. The lowest BCUT2D eigenvalue weighted by molar-refractivity contribution is 0.403. The molecule has 1 unspecified atom stereocenters. The van der Waals surface area contributed by atoms with Crippen molar-refractivity contribution in [2.75, 3.05) is 7.11 Å². The van der Waals surface area contributed by atoms with Gasteiger partial charge in [0.25, 0.3) is 0 Å². The number of nitrogens with two attached hydrogens (primary N) is 1. The van der Waals surface area contributed by atoms with Gasteiger partial charge in [-0.1, -0.05) is 17.7 Å². The van der Waals surface area contributed by atoms with Crippen molar-refractivity contribution in [1.82, 2.24) is 0 Å². The van der Waals surface area contributed by atoms with Crippen LogP contribution in [-0.4, -0.2) is 7.11 Å². The first kappa shape index (κ1) is 12.0. The van der Waals surface area contributed by atoms with Crippen molar-refractivity contribution in [3.8, 4) is 5.75 Å². The van der Waals surface area contributed by atoms with Crippen LogP contribution in [0.15, 0.2) is 34.7 Å². The Kier molecular flexibility index (Phi) is 3.41. The lowest BCUT2D eigenvalue weighted by Gasteiger charge is -2.14. The van der Waals surface area contributed by atoms with E-state index in [1.54, 1.807) is 19.2 Å². The highest BCUT2D eigenvalue weighted by molar-refractivity contribution is 6.28. The first-order valence-electron chi connectivity index (χ1n) is 5.27. The van der Waals surface area contributed by atoms with Gasteiger partial charge < -0.3 is 14.9 Å². The third kappa shape index (κ3) is 2.46. The molecule has 17 heavy (non-hydrogen) atoms. The van der Waals surface area contributed by atoms with Crippen LogP contribution in [0.5, 0.6) is 5.75 Å². The molecule has 90 valence electrons. The second kappa shape index (κ2) is 4.82. The van der Waals surface area contributed by atoms with E-state index in [0.717, 1.165) is 16.9 Å². The fourth-order valence-corrected chi connectivity index (χ4v) is 1.90. The highest BCUT2D eigenvalue weighted by atomic mass is 35.5. The van der Waals surface area contributed by atoms with Gasteiger partial charge in [-0.3, -0.25) is 0 Å². The third-order valence-electron chi connectivity index (χ3n) is 2.62. The van der Waals surface area contributed by atoms with E-state index < -0.39 is 0 Å². The third-order valence-corrected chi connectivity index (χ3v) is 2.82. The molecular formula is C13H14ClNO2. The minimum atomic E-state index is -0.377. The number of benzene rings is 1. The second-order valence-corrected chi connectivity index (χ2v) is 4.24. The number of rotatable bonds is 3. The SMILES string of the molecule is COc1ccc(C)cc1C(N)c1ccc(Cl)o1. The van der Waals surface area contributed by atoms with Gasteiger partial charge in [0.2, 0.25) is 0 Å². The minimum absolute atomic E-state index is 0.335. The molecule has 1 aromatic carbocycles. The van der Waals surface area contributed by atoms with Crippen molar-refractivity contribution in [2.24, 2.45) is 5.73 Å².